The highest BCUT2D eigenvalue weighted by Gasteiger charge is 2.38. The van der Waals surface area contributed by atoms with Gasteiger partial charge in [-0.15, -0.1) is 0 Å². The third-order valence-corrected chi connectivity index (χ3v) is 8.74. The molecule has 1 N–H and O–H groups in total. The van der Waals surface area contributed by atoms with Crippen molar-refractivity contribution in [2.24, 2.45) is 0 Å². The first-order chi connectivity index (χ1) is 19.1. The molecule has 2 unspecified atom stereocenters. The van der Waals surface area contributed by atoms with Crippen molar-refractivity contribution in [1.29, 1.82) is 0 Å². The maximum Gasteiger partial charge on any atom is 0.416 e. The largest absolute Gasteiger partial charge is 0.416 e. The van der Waals surface area contributed by atoms with Crippen molar-refractivity contribution in [1.82, 2.24) is 14.8 Å². The first-order valence-corrected chi connectivity index (χ1v) is 13.9. The van der Waals surface area contributed by atoms with E-state index in [1.165, 1.54) is 28.6 Å². The number of rotatable bonds is 8. The first kappa shape index (κ1) is 28.0. The van der Waals surface area contributed by atoms with Crippen LogP contribution in [0.3, 0.4) is 0 Å². The number of halogens is 3. The summed E-state index contributed by atoms with van der Waals surface area (Å²) in [6.45, 7) is 2.72. The lowest BCUT2D eigenvalue weighted by atomic mass is 9.80. The van der Waals surface area contributed by atoms with Crippen LogP contribution >= 0.6 is 0 Å². The highest BCUT2D eigenvalue weighted by atomic mass is 19.4. The number of carbonyl (C=O) groups is 1. The second-order valence-corrected chi connectivity index (χ2v) is 11.1. The standard InChI is InChI=1S/C33H36F3N3O/c1-4-32(38(2)3,22-23-10-6-5-7-11-23)20-18-29-30-27(26-12-8-9-13-28(26)37-30)19-21-39(29)31(40)24-14-16-25(17-15-24)33(34,35)36/h5-17,29,37H,4,18-22H2,1-3H3. The van der Waals surface area contributed by atoms with E-state index in [1.54, 1.807) is 0 Å². The number of para-hydroxylation sites is 1. The number of benzene rings is 3. The van der Waals surface area contributed by atoms with Gasteiger partial charge < -0.3 is 14.8 Å². The SMILES string of the molecule is CCC(CCC1c2[nH]c3ccccc3c2CCN1C(=O)c1ccc(C(F)(F)F)cc1)(Cc1ccccc1)N(C)C. The topological polar surface area (TPSA) is 39.3 Å². The maximum absolute atomic E-state index is 13.8. The number of amides is 1. The predicted octanol–water partition coefficient (Wildman–Crippen LogP) is 7.66. The quantitative estimate of drug-likeness (QED) is 0.246. The summed E-state index contributed by atoms with van der Waals surface area (Å²) in [5, 5.41) is 1.17. The zero-order valence-electron chi connectivity index (χ0n) is 23.3. The number of H-pyrrole nitrogens is 1. The van der Waals surface area contributed by atoms with Crippen molar-refractivity contribution in [3.63, 3.8) is 0 Å². The molecule has 2 atom stereocenters. The Morgan fingerprint density at radius 1 is 0.975 bits per heavy atom. The van der Waals surface area contributed by atoms with E-state index in [1.807, 2.05) is 23.1 Å². The monoisotopic (exact) mass is 547 g/mol. The highest BCUT2D eigenvalue weighted by molar-refractivity contribution is 5.95. The molecular weight excluding hydrogens is 511 g/mol. The predicted molar refractivity (Wildman–Crippen MR) is 153 cm³/mol. The van der Waals surface area contributed by atoms with Crippen LogP contribution < -0.4 is 0 Å². The summed E-state index contributed by atoms with van der Waals surface area (Å²) in [6.07, 6.45) is -0.348. The van der Waals surface area contributed by atoms with Crippen LogP contribution in [0.2, 0.25) is 0 Å². The van der Waals surface area contributed by atoms with Crippen LogP contribution in [0.4, 0.5) is 13.2 Å². The number of aromatic nitrogens is 1. The molecule has 1 amide bonds. The molecule has 3 aromatic carbocycles. The number of aromatic amines is 1. The van der Waals surface area contributed by atoms with Crippen LogP contribution in [0.1, 0.15) is 65.0 Å². The molecule has 4 nitrogen and oxygen atoms in total. The van der Waals surface area contributed by atoms with E-state index in [-0.39, 0.29) is 23.1 Å². The Morgan fingerprint density at radius 2 is 1.65 bits per heavy atom. The second kappa shape index (κ2) is 11.1. The minimum absolute atomic E-state index is 0.117. The summed E-state index contributed by atoms with van der Waals surface area (Å²) in [7, 11) is 4.24. The molecule has 7 heteroatoms. The summed E-state index contributed by atoms with van der Waals surface area (Å²) in [6, 6.07) is 23.0. The molecule has 0 bridgehead atoms. The zero-order chi connectivity index (χ0) is 28.5. The van der Waals surface area contributed by atoms with Gasteiger partial charge in [0.2, 0.25) is 0 Å². The van der Waals surface area contributed by atoms with Crippen molar-refractivity contribution in [3.8, 4) is 0 Å². The minimum atomic E-state index is -4.44. The van der Waals surface area contributed by atoms with E-state index in [4.69, 9.17) is 0 Å². The van der Waals surface area contributed by atoms with Gasteiger partial charge in [-0.05, 0) is 87.7 Å². The lowest BCUT2D eigenvalue weighted by Crippen LogP contribution is -2.47. The van der Waals surface area contributed by atoms with Crippen molar-refractivity contribution >= 4 is 16.8 Å². The molecule has 0 fully saturated rings. The fourth-order valence-electron chi connectivity index (χ4n) is 6.30. The van der Waals surface area contributed by atoms with Crippen molar-refractivity contribution < 1.29 is 18.0 Å². The van der Waals surface area contributed by atoms with Gasteiger partial charge in [-0.2, -0.15) is 13.2 Å². The summed E-state index contributed by atoms with van der Waals surface area (Å²) in [5.74, 6) is -0.238. The van der Waals surface area contributed by atoms with Gasteiger partial charge in [0.05, 0.1) is 11.6 Å². The Balaban J connectivity index is 1.50. The Kier molecular flexibility index (Phi) is 7.78. The lowest BCUT2D eigenvalue weighted by Gasteiger charge is -2.43. The average molecular weight is 548 g/mol. The van der Waals surface area contributed by atoms with Gasteiger partial charge in [0.25, 0.3) is 5.91 Å². The van der Waals surface area contributed by atoms with Crippen LogP contribution in [0.5, 0.6) is 0 Å². The van der Waals surface area contributed by atoms with Gasteiger partial charge in [-0.3, -0.25) is 4.79 Å². The number of hydrogen-bond acceptors (Lipinski definition) is 2. The van der Waals surface area contributed by atoms with E-state index in [9.17, 15) is 18.0 Å². The zero-order valence-corrected chi connectivity index (χ0v) is 23.3. The molecule has 0 spiro atoms. The minimum Gasteiger partial charge on any atom is -0.356 e. The Labute approximate surface area is 233 Å². The highest BCUT2D eigenvalue weighted by Crippen LogP contribution is 2.40. The number of fused-ring (bicyclic) bond motifs is 3. The number of hydrogen-bond donors (Lipinski definition) is 1. The van der Waals surface area contributed by atoms with Gasteiger partial charge in [0.1, 0.15) is 0 Å². The lowest BCUT2D eigenvalue weighted by molar-refractivity contribution is -0.137. The van der Waals surface area contributed by atoms with Crippen molar-refractivity contribution in [2.45, 2.75) is 56.8 Å². The molecule has 4 aromatic rings. The van der Waals surface area contributed by atoms with E-state index in [0.717, 1.165) is 49.0 Å². The Hall–Kier alpha value is -3.58. The van der Waals surface area contributed by atoms with Gasteiger partial charge >= 0.3 is 6.18 Å². The molecular formula is C33H36F3N3O. The van der Waals surface area contributed by atoms with Gasteiger partial charge in [0, 0.05) is 34.2 Å². The van der Waals surface area contributed by atoms with Crippen LogP contribution in [-0.4, -0.2) is 46.9 Å². The third-order valence-electron chi connectivity index (χ3n) is 8.74. The first-order valence-electron chi connectivity index (χ1n) is 13.9. The average Bonchev–Trinajstić information content (AvgIpc) is 3.34. The molecule has 210 valence electrons. The molecule has 40 heavy (non-hydrogen) atoms. The van der Waals surface area contributed by atoms with E-state index >= 15 is 0 Å². The van der Waals surface area contributed by atoms with Crippen molar-refractivity contribution in [2.75, 3.05) is 20.6 Å². The van der Waals surface area contributed by atoms with Crippen molar-refractivity contribution in [3.05, 3.63) is 107 Å². The molecule has 2 heterocycles. The molecule has 1 aliphatic rings. The van der Waals surface area contributed by atoms with Gasteiger partial charge in [-0.1, -0.05) is 55.5 Å². The third kappa shape index (κ3) is 5.39. The van der Waals surface area contributed by atoms with Crippen LogP contribution in [-0.2, 0) is 19.0 Å². The molecule has 0 saturated heterocycles. The smallest absolute Gasteiger partial charge is 0.356 e. The molecule has 5 rings (SSSR count). The second-order valence-electron chi connectivity index (χ2n) is 11.1. The molecule has 0 aliphatic carbocycles. The maximum atomic E-state index is 13.8. The number of nitrogens with one attached hydrogen (secondary N) is 1. The number of likely N-dealkylation sites (N-methyl/N-ethyl adjacent to an activating group) is 1. The molecule has 1 aromatic heterocycles. The van der Waals surface area contributed by atoms with Crippen LogP contribution in [0, 0.1) is 0 Å². The van der Waals surface area contributed by atoms with E-state index in [2.05, 4.69) is 67.3 Å². The summed E-state index contributed by atoms with van der Waals surface area (Å²) < 4.78 is 39.5. The number of alkyl halides is 3. The molecule has 0 saturated carbocycles. The summed E-state index contributed by atoms with van der Waals surface area (Å²) >= 11 is 0. The fourth-order valence-corrected chi connectivity index (χ4v) is 6.30. The summed E-state index contributed by atoms with van der Waals surface area (Å²) in [4.78, 5) is 21.6. The number of carbonyl (C=O) groups excluding carboxylic acids is 1. The van der Waals surface area contributed by atoms with E-state index < -0.39 is 11.7 Å². The Bertz CT molecular complexity index is 1460. The van der Waals surface area contributed by atoms with E-state index in [0.29, 0.717) is 13.0 Å². The fraction of sp³-hybridized carbons (Fsp3) is 0.364. The number of nitrogens with zero attached hydrogens (tertiary/aromatic N) is 2. The van der Waals surface area contributed by atoms with Crippen LogP contribution in [0.15, 0.2) is 78.9 Å². The normalized spacial score (nSPS) is 17.2. The van der Waals surface area contributed by atoms with Gasteiger partial charge in [-0.25, -0.2) is 0 Å². The van der Waals surface area contributed by atoms with Gasteiger partial charge in [0.15, 0.2) is 0 Å². The van der Waals surface area contributed by atoms with Crippen LogP contribution in [0.25, 0.3) is 10.9 Å². The Morgan fingerprint density at radius 3 is 2.30 bits per heavy atom. The molecule has 0 radical (unpaired) electrons. The molecule has 1 aliphatic heterocycles. The summed E-state index contributed by atoms with van der Waals surface area (Å²) in [5.41, 5.74) is 3.98.